The molecule has 0 spiro atoms. The first-order valence-electron chi connectivity index (χ1n) is 46.6. The molecule has 0 saturated carbocycles. The summed E-state index contributed by atoms with van der Waals surface area (Å²) in [6.07, 6.45) is 3.98. The van der Waals surface area contributed by atoms with Gasteiger partial charge in [-0.1, -0.05) is 425 Å². The molecule has 25 rings (SSSR count). The second kappa shape index (κ2) is 38.3. The number of furan rings is 2. The highest BCUT2D eigenvalue weighted by Gasteiger charge is 2.29. The number of hydrogen-bond acceptors (Lipinski definition) is 8. The number of thiophene rings is 1. The van der Waals surface area contributed by atoms with Gasteiger partial charge in [0.2, 0.25) is 0 Å². The van der Waals surface area contributed by atoms with Crippen molar-refractivity contribution in [1.29, 1.82) is 0 Å². The van der Waals surface area contributed by atoms with Gasteiger partial charge in [0.15, 0.2) is 0 Å². The number of benzene rings is 20. The highest BCUT2D eigenvalue weighted by Crippen LogP contribution is 2.54. The molecule has 5 heterocycles. The molecule has 8 heteroatoms. The van der Waals surface area contributed by atoms with Crippen molar-refractivity contribution in [2.45, 2.75) is 0 Å². The minimum absolute atomic E-state index is 0.848. The van der Waals surface area contributed by atoms with Crippen molar-refractivity contribution >= 4 is 127 Å². The van der Waals surface area contributed by atoms with Crippen LogP contribution in [0.25, 0.3) is 176 Å². The van der Waals surface area contributed by atoms with E-state index < -0.39 is 0 Å². The van der Waals surface area contributed by atoms with E-state index in [1.54, 1.807) is 0 Å². The lowest BCUT2D eigenvalue weighted by atomic mass is 9.92. The van der Waals surface area contributed by atoms with E-state index in [2.05, 4.69) is 494 Å². The highest BCUT2D eigenvalue weighted by molar-refractivity contribution is 7.25. The maximum absolute atomic E-state index is 6.49. The van der Waals surface area contributed by atoms with E-state index in [1.807, 2.05) is 72.3 Å². The first-order valence-corrected chi connectivity index (χ1v) is 47.4. The average Bonchev–Trinajstić information content (AvgIpc) is 1.04. The Labute approximate surface area is 806 Å². The second-order valence-corrected chi connectivity index (χ2v) is 35.2. The third-order valence-electron chi connectivity index (χ3n) is 25.7. The maximum Gasteiger partial charge on any atom is 0.137 e. The van der Waals surface area contributed by atoms with Crippen LogP contribution in [-0.4, -0.2) is 9.97 Å². The molecule has 0 aliphatic heterocycles. The summed E-state index contributed by atoms with van der Waals surface area (Å²) in [4.78, 5) is 17.1. The number of hydrogen-bond donors (Lipinski definition) is 0. The topological polar surface area (TPSA) is 61.8 Å². The zero-order valence-electron chi connectivity index (χ0n) is 75.3. The Bertz CT molecular complexity index is 8090. The summed E-state index contributed by atoms with van der Waals surface area (Å²) in [5.41, 5.74) is 35.5. The molecule has 0 fully saturated rings. The summed E-state index contributed by atoms with van der Waals surface area (Å²) in [6.45, 7) is 0. The molecule has 5 aromatic heterocycles. The normalized spacial score (nSPS) is 11.2. The predicted octanol–water partition coefficient (Wildman–Crippen LogP) is 37.1. The lowest BCUT2D eigenvalue weighted by Crippen LogP contribution is -2.13. The molecule has 652 valence electrons. The molecule has 0 radical (unpaired) electrons. The molecule has 0 aliphatic carbocycles. The van der Waals surface area contributed by atoms with Gasteiger partial charge in [0.1, 0.15) is 22.3 Å². The van der Waals surface area contributed by atoms with Gasteiger partial charge in [0.05, 0.1) is 52.2 Å². The number of anilines is 9. The Morgan fingerprint density at radius 2 is 0.413 bits per heavy atom. The van der Waals surface area contributed by atoms with Gasteiger partial charge in [-0.2, -0.15) is 0 Å². The molecule has 138 heavy (non-hydrogen) atoms. The molecule has 0 saturated heterocycles. The Hall–Kier alpha value is -18.1. The van der Waals surface area contributed by atoms with Crippen molar-refractivity contribution in [2.75, 3.05) is 14.7 Å². The number of para-hydroxylation sites is 5. The van der Waals surface area contributed by atoms with Crippen LogP contribution < -0.4 is 14.7 Å². The van der Waals surface area contributed by atoms with E-state index in [0.29, 0.717) is 0 Å². The minimum Gasteiger partial charge on any atom is -0.456 e. The van der Waals surface area contributed by atoms with Crippen LogP contribution in [0.3, 0.4) is 0 Å². The number of aromatic nitrogens is 2. The van der Waals surface area contributed by atoms with Crippen LogP contribution in [0.15, 0.2) is 549 Å². The first-order chi connectivity index (χ1) is 68.5. The molecular weight excluding hydrogens is 1700 g/mol. The fourth-order valence-electron chi connectivity index (χ4n) is 19.2. The van der Waals surface area contributed by atoms with Gasteiger partial charge >= 0.3 is 0 Å². The lowest BCUT2D eigenvalue weighted by Gasteiger charge is -2.31. The minimum atomic E-state index is 0.848. The Balaban J connectivity index is 0.000000116. The molecule has 0 bridgehead atoms. The molecule has 0 N–H and O–H groups in total. The Morgan fingerprint density at radius 1 is 0.159 bits per heavy atom. The van der Waals surface area contributed by atoms with Gasteiger partial charge < -0.3 is 23.5 Å². The maximum atomic E-state index is 6.49. The lowest BCUT2D eigenvalue weighted by molar-refractivity contribution is 0.668. The molecule has 20 aromatic carbocycles. The van der Waals surface area contributed by atoms with Crippen molar-refractivity contribution in [3.05, 3.63) is 540 Å². The van der Waals surface area contributed by atoms with Crippen molar-refractivity contribution in [3.63, 3.8) is 0 Å². The SMILES string of the molecule is c1ccc(-c2ccc(N(c3ccc4c(c3)oc3ccccc34)c3c(-c4ccccc4)cccc3-c3ccccc3)cc2-c2ccccc2)cc1.c1ccc(-c2ccc(N(c3ccc4c(c3)oc3ccccc34)c3c(-c4ccccc4)cccc3-c3ccccc3)cn2)cc1.c1ccc(-c2ccc(N(c3ccc4c(c3)sc3ccccc34)c3c(-c4ccccc4)cccc3-c3ccccc3)cn2)cc1. The summed E-state index contributed by atoms with van der Waals surface area (Å²) in [6, 6.07) is 186. The van der Waals surface area contributed by atoms with Gasteiger partial charge in [0.25, 0.3) is 0 Å². The fourth-order valence-corrected chi connectivity index (χ4v) is 20.4. The summed E-state index contributed by atoms with van der Waals surface area (Å²) < 4.78 is 15.4. The Morgan fingerprint density at radius 3 is 0.761 bits per heavy atom. The second-order valence-electron chi connectivity index (χ2n) is 34.1. The monoisotopic (exact) mass is 1780 g/mol. The predicted molar refractivity (Wildman–Crippen MR) is 581 cm³/mol. The van der Waals surface area contributed by atoms with Crippen LogP contribution >= 0.6 is 11.3 Å². The molecular formula is C130H89N5O2S. The van der Waals surface area contributed by atoms with E-state index >= 15 is 0 Å². The molecule has 25 aromatic rings. The number of pyridine rings is 2. The molecule has 0 atom stereocenters. The quantitative estimate of drug-likeness (QED) is 0.0799. The highest BCUT2D eigenvalue weighted by atomic mass is 32.1. The van der Waals surface area contributed by atoms with Crippen LogP contribution in [0.1, 0.15) is 0 Å². The summed E-state index contributed by atoms with van der Waals surface area (Å²) in [5, 5.41) is 7.02. The van der Waals surface area contributed by atoms with Gasteiger partial charge in [0, 0.05) is 121 Å². The van der Waals surface area contributed by atoms with Gasteiger partial charge in [-0.05, 0) is 147 Å². The third-order valence-corrected chi connectivity index (χ3v) is 26.9. The van der Waals surface area contributed by atoms with Gasteiger partial charge in [-0.25, -0.2) is 0 Å². The van der Waals surface area contributed by atoms with Gasteiger partial charge in [-0.3, -0.25) is 9.97 Å². The zero-order valence-corrected chi connectivity index (χ0v) is 76.2. The van der Waals surface area contributed by atoms with Crippen LogP contribution in [0.4, 0.5) is 51.2 Å². The van der Waals surface area contributed by atoms with E-state index in [0.717, 1.165) is 173 Å². The molecule has 0 unspecified atom stereocenters. The summed E-state index contributed by atoms with van der Waals surface area (Å²) in [7, 11) is 0. The fraction of sp³-hybridized carbons (Fsp3) is 0. The Kier molecular flexibility index (Phi) is 23.3. The number of rotatable bonds is 19. The largest absolute Gasteiger partial charge is 0.456 e. The van der Waals surface area contributed by atoms with Gasteiger partial charge in [-0.15, -0.1) is 11.3 Å². The van der Waals surface area contributed by atoms with Crippen molar-refractivity contribution in [3.8, 4) is 112 Å². The number of fused-ring (bicyclic) bond motifs is 9. The van der Waals surface area contributed by atoms with E-state index in [-0.39, 0.29) is 0 Å². The van der Waals surface area contributed by atoms with Crippen LogP contribution in [0.2, 0.25) is 0 Å². The zero-order chi connectivity index (χ0) is 91.9. The van der Waals surface area contributed by atoms with E-state index in [4.69, 9.17) is 18.8 Å². The van der Waals surface area contributed by atoms with Crippen LogP contribution in [-0.2, 0) is 0 Å². The molecule has 7 nitrogen and oxygen atoms in total. The molecule has 0 aliphatic rings. The van der Waals surface area contributed by atoms with Crippen molar-refractivity contribution < 1.29 is 8.83 Å². The van der Waals surface area contributed by atoms with Crippen LogP contribution in [0.5, 0.6) is 0 Å². The summed E-state index contributed by atoms with van der Waals surface area (Å²) >= 11 is 1.84. The van der Waals surface area contributed by atoms with Crippen LogP contribution in [0, 0.1) is 0 Å². The average molecular weight is 1790 g/mol. The molecule has 0 amide bonds. The van der Waals surface area contributed by atoms with Crippen molar-refractivity contribution in [2.24, 2.45) is 0 Å². The smallest absolute Gasteiger partial charge is 0.137 e. The summed E-state index contributed by atoms with van der Waals surface area (Å²) in [5.74, 6) is 0. The standard InChI is InChI=1S/C48H33NO.C41H28N2O.C41H28N2S/c1-5-16-34(17-6-1)40-30-28-38(32-45(40)37-22-11-4-12-23-37)49(39-29-31-44-43-24-13-14-27-46(43)50-47(44)33-39)48-41(35-18-7-2-8-19-35)25-15-26-42(48)36-20-9-3-10-21-36;2*1-4-13-29(14-5-1)34-20-12-21-35(30-15-6-2-7-16-30)41(34)43(33-24-26-38(42-28-33)31-17-8-3-9-18-31)32-23-25-37-36-19-10-11-22-39(36)44-40(37)27-32/h1-33H;2*1-28H. The first kappa shape index (κ1) is 84.2. The van der Waals surface area contributed by atoms with E-state index in [9.17, 15) is 0 Å². The third kappa shape index (κ3) is 16.9. The van der Waals surface area contributed by atoms with E-state index in [1.165, 1.54) is 53.6 Å². The number of nitrogens with zero attached hydrogens (tertiary/aromatic N) is 5. The van der Waals surface area contributed by atoms with Crippen molar-refractivity contribution in [1.82, 2.24) is 9.97 Å².